The lowest BCUT2D eigenvalue weighted by Gasteiger charge is -2.36. The molecule has 40 heavy (non-hydrogen) atoms. The normalized spacial score (nSPS) is 18.0. The molecule has 4 amide bonds. The molecule has 0 spiro atoms. The second kappa shape index (κ2) is 13.3. The van der Waals surface area contributed by atoms with Gasteiger partial charge in [0.25, 0.3) is 0 Å². The summed E-state index contributed by atoms with van der Waals surface area (Å²) in [4.78, 5) is 50.5. The van der Waals surface area contributed by atoms with E-state index < -0.39 is 35.7 Å². The highest BCUT2D eigenvalue weighted by Crippen LogP contribution is 2.35. The van der Waals surface area contributed by atoms with Gasteiger partial charge in [-0.05, 0) is 36.6 Å². The molecule has 214 valence electrons. The number of amides is 4. The first-order valence-electron chi connectivity index (χ1n) is 12.7. The van der Waals surface area contributed by atoms with Gasteiger partial charge in [-0.3, -0.25) is 0 Å². The monoisotopic (exact) mass is 559 g/mol. The maximum Gasteiger partial charge on any atom is 0.338 e. The number of urea groups is 2. The van der Waals surface area contributed by atoms with Crippen molar-refractivity contribution in [2.24, 2.45) is 0 Å². The second-order valence-electron chi connectivity index (χ2n) is 9.19. The Balaban J connectivity index is 1.43. The molecule has 0 saturated carbocycles. The van der Waals surface area contributed by atoms with Crippen LogP contribution in [0.15, 0.2) is 47.9 Å². The van der Waals surface area contributed by atoms with Crippen molar-refractivity contribution in [1.29, 1.82) is 0 Å². The molecule has 4 rings (SSSR count). The van der Waals surface area contributed by atoms with Crippen LogP contribution in [0.4, 0.5) is 24.3 Å². The van der Waals surface area contributed by atoms with Crippen molar-refractivity contribution < 1.29 is 32.6 Å². The predicted molar refractivity (Wildman–Crippen MR) is 139 cm³/mol. The average Bonchev–Trinajstić information content (AvgIpc) is 2.97. The summed E-state index contributed by atoms with van der Waals surface area (Å²) in [5.41, 5.74) is -0.0883. The Morgan fingerprint density at radius 2 is 1.82 bits per heavy atom. The lowest BCUT2D eigenvalue weighted by Crippen LogP contribution is -2.56. The summed E-state index contributed by atoms with van der Waals surface area (Å²) in [5, 5.41) is 8.53. The van der Waals surface area contributed by atoms with E-state index in [1.807, 2.05) is 0 Å². The maximum atomic E-state index is 14.2. The molecule has 2 aromatic rings. The number of methoxy groups -OCH3 is 2. The summed E-state index contributed by atoms with van der Waals surface area (Å²) in [6.07, 6.45) is 5.12. The van der Waals surface area contributed by atoms with Gasteiger partial charge in [-0.25, -0.2) is 38.0 Å². The van der Waals surface area contributed by atoms with Crippen molar-refractivity contribution in [1.82, 2.24) is 30.8 Å². The number of ether oxygens (including phenoxy) is 2. The number of halogens is 2. The number of anilines is 1. The van der Waals surface area contributed by atoms with Gasteiger partial charge in [-0.1, -0.05) is 6.07 Å². The highest BCUT2D eigenvalue weighted by Gasteiger charge is 2.43. The molecule has 14 heteroatoms. The number of imide groups is 1. The molecular weight excluding hydrogens is 528 g/mol. The number of carbonyl (C=O) groups excluding carboxylic acids is 3. The van der Waals surface area contributed by atoms with Crippen LogP contribution in [0.3, 0.4) is 0 Å². The lowest BCUT2D eigenvalue weighted by atomic mass is 9.93. The third-order valence-electron chi connectivity index (χ3n) is 6.67. The van der Waals surface area contributed by atoms with Crippen LogP contribution in [0.2, 0.25) is 0 Å². The molecular formula is C26H31F2N7O5. The summed E-state index contributed by atoms with van der Waals surface area (Å²) >= 11 is 0. The van der Waals surface area contributed by atoms with Gasteiger partial charge in [-0.15, -0.1) is 0 Å². The zero-order chi connectivity index (χ0) is 28.6. The van der Waals surface area contributed by atoms with Crippen LogP contribution in [0.25, 0.3) is 0 Å². The van der Waals surface area contributed by atoms with Crippen molar-refractivity contribution >= 4 is 24.0 Å². The summed E-state index contributed by atoms with van der Waals surface area (Å²) in [5.74, 6) is -2.49. The van der Waals surface area contributed by atoms with E-state index in [0.29, 0.717) is 12.5 Å². The summed E-state index contributed by atoms with van der Waals surface area (Å²) in [6, 6.07) is 1.79. The highest BCUT2D eigenvalue weighted by atomic mass is 19.2. The molecule has 1 aromatic carbocycles. The van der Waals surface area contributed by atoms with Crippen LogP contribution in [0.5, 0.6) is 0 Å². The molecule has 2 aliphatic heterocycles. The van der Waals surface area contributed by atoms with Crippen molar-refractivity contribution in [2.45, 2.75) is 24.9 Å². The molecule has 12 nitrogen and oxygen atoms in total. The molecule has 2 aliphatic rings. The predicted octanol–water partition coefficient (Wildman–Crippen LogP) is 1.86. The average molecular weight is 560 g/mol. The van der Waals surface area contributed by atoms with Crippen LogP contribution in [-0.2, 0) is 14.3 Å². The van der Waals surface area contributed by atoms with Crippen LogP contribution in [0.1, 0.15) is 24.4 Å². The number of benzene rings is 1. The van der Waals surface area contributed by atoms with Crippen LogP contribution >= 0.6 is 0 Å². The van der Waals surface area contributed by atoms with E-state index in [9.17, 15) is 23.2 Å². The second-order valence-corrected chi connectivity index (χ2v) is 9.19. The molecule has 3 heterocycles. The minimum absolute atomic E-state index is 0.00480. The van der Waals surface area contributed by atoms with Gasteiger partial charge in [-0.2, -0.15) is 0 Å². The van der Waals surface area contributed by atoms with Gasteiger partial charge in [0, 0.05) is 51.7 Å². The van der Waals surface area contributed by atoms with E-state index in [1.165, 1.54) is 13.2 Å². The zero-order valence-electron chi connectivity index (χ0n) is 22.2. The van der Waals surface area contributed by atoms with E-state index in [2.05, 4.69) is 30.8 Å². The van der Waals surface area contributed by atoms with Crippen molar-refractivity contribution in [3.63, 3.8) is 0 Å². The van der Waals surface area contributed by atoms with Gasteiger partial charge in [0.2, 0.25) is 5.95 Å². The Hall–Kier alpha value is -4.17. The molecule has 0 unspecified atom stereocenters. The maximum absolute atomic E-state index is 14.2. The van der Waals surface area contributed by atoms with Gasteiger partial charge in [0.05, 0.1) is 25.0 Å². The largest absolute Gasteiger partial charge is 0.466 e. The van der Waals surface area contributed by atoms with Crippen LogP contribution in [-0.4, -0.2) is 85.9 Å². The first-order valence-corrected chi connectivity index (χ1v) is 12.7. The third-order valence-corrected chi connectivity index (χ3v) is 6.67. The first-order chi connectivity index (χ1) is 19.3. The number of hydrogen-bond donors (Lipinski definition) is 3. The fourth-order valence-electron chi connectivity index (χ4n) is 4.75. The van der Waals surface area contributed by atoms with E-state index in [4.69, 9.17) is 9.47 Å². The number of aromatic nitrogens is 2. The van der Waals surface area contributed by atoms with Crippen molar-refractivity contribution in [3.05, 3.63) is 65.1 Å². The van der Waals surface area contributed by atoms with Gasteiger partial charge in [0.1, 0.15) is 6.04 Å². The smallest absolute Gasteiger partial charge is 0.338 e. The van der Waals surface area contributed by atoms with Crippen LogP contribution in [0, 0.1) is 11.6 Å². The molecule has 1 saturated heterocycles. The van der Waals surface area contributed by atoms with Gasteiger partial charge < -0.3 is 30.3 Å². The summed E-state index contributed by atoms with van der Waals surface area (Å²) in [6.45, 7) is 1.95. The number of carbonyl (C=O) groups is 3. The number of nitrogens with one attached hydrogen (secondary N) is 3. The van der Waals surface area contributed by atoms with Gasteiger partial charge >= 0.3 is 18.0 Å². The Morgan fingerprint density at radius 1 is 1.10 bits per heavy atom. The number of hydrogen-bond acceptors (Lipinski definition) is 9. The first kappa shape index (κ1) is 28.8. The standard InChI is InChI=1S/C26H31F2N7O5/c1-39-15-20-21(23(36)40-2)22(16-4-5-18(27)19(28)14-16)35(26(38)33-20)25(37)32-11-10-29-17-6-12-34(13-7-17)24-30-8-3-9-31-24/h3-5,8-9,14,17,22,29H,6-7,10-13,15H2,1-2H3,(H,32,37)(H,33,38)/t22-/m0/s1. The minimum atomic E-state index is -1.39. The van der Waals surface area contributed by atoms with E-state index in [0.717, 1.165) is 50.1 Å². The molecule has 1 aromatic heterocycles. The molecule has 1 atom stereocenters. The van der Waals surface area contributed by atoms with Crippen LogP contribution < -0.4 is 20.9 Å². The minimum Gasteiger partial charge on any atom is -0.466 e. The Kier molecular flexibility index (Phi) is 9.56. The highest BCUT2D eigenvalue weighted by molar-refractivity contribution is 6.01. The quantitative estimate of drug-likeness (QED) is 0.311. The SMILES string of the molecule is COCC1=C(C(=O)OC)[C@H](c2ccc(F)c(F)c2)N(C(=O)NCCNC2CCN(c3ncccn3)CC2)C(=O)N1. The van der Waals surface area contributed by atoms with Crippen molar-refractivity contribution in [3.8, 4) is 0 Å². The third kappa shape index (κ3) is 6.51. The number of rotatable bonds is 9. The van der Waals surface area contributed by atoms with E-state index in [-0.39, 0.29) is 36.0 Å². The number of piperidine rings is 1. The van der Waals surface area contributed by atoms with Gasteiger partial charge in [0.15, 0.2) is 11.6 Å². The molecule has 0 aliphatic carbocycles. The number of nitrogens with zero attached hydrogens (tertiary/aromatic N) is 4. The molecule has 0 radical (unpaired) electrons. The molecule has 1 fully saturated rings. The van der Waals surface area contributed by atoms with Crippen molar-refractivity contribution in [2.75, 3.05) is 51.9 Å². The Labute approximate surface area is 229 Å². The molecule has 0 bridgehead atoms. The summed E-state index contributed by atoms with van der Waals surface area (Å²) in [7, 11) is 2.48. The van der Waals surface area contributed by atoms with E-state index >= 15 is 0 Å². The Bertz CT molecular complexity index is 1260. The lowest BCUT2D eigenvalue weighted by molar-refractivity contribution is -0.137. The Morgan fingerprint density at radius 3 is 2.48 bits per heavy atom. The van der Waals surface area contributed by atoms with E-state index in [1.54, 1.807) is 18.5 Å². The summed E-state index contributed by atoms with van der Waals surface area (Å²) < 4.78 is 37.9. The fourth-order valence-corrected chi connectivity index (χ4v) is 4.75. The fraction of sp³-hybridized carbons (Fsp3) is 0.423. The number of esters is 1. The zero-order valence-corrected chi connectivity index (χ0v) is 22.2. The molecule has 3 N–H and O–H groups in total. The topological polar surface area (TPSA) is 138 Å².